The zero-order chi connectivity index (χ0) is 16.0. The Morgan fingerprint density at radius 1 is 1.43 bits per heavy atom. The fourth-order valence-electron chi connectivity index (χ4n) is 1.84. The Hall–Kier alpha value is -2.38. The number of rotatable bonds is 7. The van der Waals surface area contributed by atoms with Crippen molar-refractivity contribution in [1.82, 2.24) is 4.90 Å². The molecule has 7 nitrogen and oxygen atoms in total. The molecule has 1 rings (SSSR count). The lowest BCUT2D eigenvalue weighted by molar-refractivity contribution is -0.385. The Labute approximate surface area is 121 Å². The van der Waals surface area contributed by atoms with Crippen molar-refractivity contribution in [3.05, 3.63) is 28.1 Å². The molecule has 0 saturated heterocycles. The summed E-state index contributed by atoms with van der Waals surface area (Å²) in [5, 5.41) is 13.4. The second-order valence-corrected chi connectivity index (χ2v) is 4.18. The molecule has 1 N–H and O–H groups in total. The zero-order valence-electron chi connectivity index (χ0n) is 12.2. The lowest BCUT2D eigenvalue weighted by atomic mass is 10.2. The Morgan fingerprint density at radius 3 is 2.52 bits per heavy atom. The van der Waals surface area contributed by atoms with Gasteiger partial charge in [0.1, 0.15) is 0 Å². The van der Waals surface area contributed by atoms with Crippen LogP contribution in [0.15, 0.2) is 12.1 Å². The van der Waals surface area contributed by atoms with Crippen molar-refractivity contribution in [2.24, 2.45) is 0 Å². The quantitative estimate of drug-likeness (QED) is 0.615. The average Bonchev–Trinajstić information content (AvgIpc) is 2.46. The number of benzene rings is 1. The average molecular weight is 299 g/mol. The number of hydrogen-bond acceptors (Lipinski definition) is 5. The summed E-state index contributed by atoms with van der Waals surface area (Å²) >= 11 is 0. The number of amides is 1. The van der Waals surface area contributed by atoms with E-state index >= 15 is 0 Å². The number of halogens is 1. The van der Waals surface area contributed by atoms with Gasteiger partial charge in [-0.2, -0.15) is 0 Å². The summed E-state index contributed by atoms with van der Waals surface area (Å²) in [5.74, 6) is -1.06. The van der Waals surface area contributed by atoms with Crippen LogP contribution in [0.3, 0.4) is 0 Å². The highest BCUT2D eigenvalue weighted by atomic mass is 19.1. The van der Waals surface area contributed by atoms with Gasteiger partial charge in [0.15, 0.2) is 11.6 Å². The van der Waals surface area contributed by atoms with Gasteiger partial charge in [-0.1, -0.05) is 0 Å². The summed E-state index contributed by atoms with van der Waals surface area (Å²) in [6.07, 6.45) is 0. The number of nitrogens with zero attached hydrogens (tertiary/aromatic N) is 2. The van der Waals surface area contributed by atoms with Crippen molar-refractivity contribution >= 4 is 17.3 Å². The number of nitrogens with one attached hydrogen (secondary N) is 1. The normalized spacial score (nSPS) is 10.1. The van der Waals surface area contributed by atoms with E-state index in [4.69, 9.17) is 4.74 Å². The molecule has 21 heavy (non-hydrogen) atoms. The fraction of sp³-hybridized carbons (Fsp3) is 0.462. The summed E-state index contributed by atoms with van der Waals surface area (Å²) in [6, 6.07) is 1.94. The van der Waals surface area contributed by atoms with E-state index < -0.39 is 16.4 Å². The molecule has 0 bridgehead atoms. The SMILES string of the molecule is CCN(CC)C(=O)CNc1cc(OC)c([N+](=O)[O-])cc1F. The maximum atomic E-state index is 13.8. The third-order valence-electron chi connectivity index (χ3n) is 3.01. The van der Waals surface area contributed by atoms with Crippen molar-refractivity contribution in [3.8, 4) is 5.75 Å². The number of hydrogen-bond donors (Lipinski definition) is 1. The Balaban J connectivity index is 2.90. The standard InChI is InChI=1S/C13H18FN3O4/c1-4-16(5-2)13(18)8-15-10-7-12(21-3)11(17(19)20)6-9(10)14/h6-7,15H,4-5,8H2,1-3H3. The number of likely N-dealkylation sites (N-methyl/N-ethyl adjacent to an activating group) is 1. The number of carbonyl (C=O) groups is 1. The first-order valence-corrected chi connectivity index (χ1v) is 6.48. The third kappa shape index (κ3) is 4.04. The minimum Gasteiger partial charge on any atom is -0.490 e. The maximum Gasteiger partial charge on any atom is 0.313 e. The van der Waals surface area contributed by atoms with Crippen LogP contribution in [0.4, 0.5) is 15.8 Å². The number of ether oxygens (including phenoxy) is 1. The molecular weight excluding hydrogens is 281 g/mol. The highest BCUT2D eigenvalue weighted by molar-refractivity contribution is 5.81. The van der Waals surface area contributed by atoms with Gasteiger partial charge in [0.25, 0.3) is 0 Å². The van der Waals surface area contributed by atoms with Gasteiger partial charge >= 0.3 is 5.69 Å². The predicted octanol–water partition coefficient (Wildman–Crippen LogP) is 2.02. The first-order chi connectivity index (χ1) is 9.94. The minimum atomic E-state index is -0.810. The molecule has 1 amide bonds. The van der Waals surface area contributed by atoms with Crippen molar-refractivity contribution in [2.75, 3.05) is 32.1 Å². The van der Waals surface area contributed by atoms with E-state index in [-0.39, 0.29) is 23.9 Å². The summed E-state index contributed by atoms with van der Waals surface area (Å²) in [6.45, 7) is 4.71. The first kappa shape index (κ1) is 16.7. The van der Waals surface area contributed by atoms with Crippen LogP contribution in [0.1, 0.15) is 13.8 Å². The second kappa shape index (κ2) is 7.41. The van der Waals surface area contributed by atoms with Gasteiger partial charge in [0.05, 0.1) is 30.3 Å². The van der Waals surface area contributed by atoms with Gasteiger partial charge in [-0.3, -0.25) is 14.9 Å². The molecule has 1 aromatic carbocycles. The second-order valence-electron chi connectivity index (χ2n) is 4.18. The van der Waals surface area contributed by atoms with Crippen molar-refractivity contribution < 1.29 is 18.8 Å². The molecule has 0 heterocycles. The van der Waals surface area contributed by atoms with E-state index in [1.807, 2.05) is 13.8 Å². The van der Waals surface area contributed by atoms with E-state index in [2.05, 4.69) is 5.32 Å². The largest absolute Gasteiger partial charge is 0.490 e. The van der Waals surface area contributed by atoms with E-state index in [1.165, 1.54) is 13.2 Å². The van der Waals surface area contributed by atoms with Gasteiger partial charge in [-0.25, -0.2) is 4.39 Å². The van der Waals surface area contributed by atoms with Crippen molar-refractivity contribution in [1.29, 1.82) is 0 Å². The number of methoxy groups -OCH3 is 1. The smallest absolute Gasteiger partial charge is 0.313 e. The minimum absolute atomic E-state index is 0.0158. The molecule has 0 unspecified atom stereocenters. The van der Waals surface area contributed by atoms with Gasteiger partial charge in [0, 0.05) is 19.2 Å². The van der Waals surface area contributed by atoms with Crippen LogP contribution in [0.2, 0.25) is 0 Å². The fourth-order valence-corrected chi connectivity index (χ4v) is 1.84. The lowest BCUT2D eigenvalue weighted by Crippen LogP contribution is -2.35. The van der Waals surface area contributed by atoms with Crippen LogP contribution >= 0.6 is 0 Å². The summed E-state index contributed by atoms with van der Waals surface area (Å²) in [5.41, 5.74) is -0.478. The van der Waals surface area contributed by atoms with Crippen molar-refractivity contribution in [3.63, 3.8) is 0 Å². The number of nitro groups is 1. The number of nitro benzene ring substituents is 1. The lowest BCUT2D eigenvalue weighted by Gasteiger charge is -2.19. The number of anilines is 1. The van der Waals surface area contributed by atoms with Crippen molar-refractivity contribution in [2.45, 2.75) is 13.8 Å². The molecule has 0 aliphatic rings. The topological polar surface area (TPSA) is 84.7 Å². The van der Waals surface area contributed by atoms with E-state index in [1.54, 1.807) is 4.90 Å². The van der Waals surface area contributed by atoms with Crippen LogP contribution in [0, 0.1) is 15.9 Å². The molecule has 0 fully saturated rings. The molecule has 1 aromatic rings. The monoisotopic (exact) mass is 299 g/mol. The van der Waals surface area contributed by atoms with E-state index in [0.717, 1.165) is 6.07 Å². The van der Waals surface area contributed by atoms with Crippen LogP contribution < -0.4 is 10.1 Å². The Morgan fingerprint density at radius 2 is 2.05 bits per heavy atom. The molecule has 8 heteroatoms. The van der Waals surface area contributed by atoms with Crippen LogP contribution in [0.25, 0.3) is 0 Å². The summed E-state index contributed by atoms with van der Waals surface area (Å²) in [7, 11) is 1.26. The molecule has 0 spiro atoms. The van der Waals surface area contributed by atoms with Crippen LogP contribution in [0.5, 0.6) is 5.75 Å². The molecule has 0 radical (unpaired) electrons. The van der Waals surface area contributed by atoms with Crippen LogP contribution in [-0.4, -0.2) is 42.5 Å². The molecule has 0 aliphatic heterocycles. The van der Waals surface area contributed by atoms with E-state index in [9.17, 15) is 19.3 Å². The first-order valence-electron chi connectivity index (χ1n) is 6.48. The molecule has 0 aromatic heterocycles. The maximum absolute atomic E-state index is 13.8. The summed E-state index contributed by atoms with van der Waals surface area (Å²) < 4.78 is 18.6. The summed E-state index contributed by atoms with van der Waals surface area (Å²) in [4.78, 5) is 23.4. The molecular formula is C13H18FN3O4. The Kier molecular flexibility index (Phi) is 5.89. The van der Waals surface area contributed by atoms with Gasteiger partial charge in [-0.05, 0) is 13.8 Å². The predicted molar refractivity (Wildman–Crippen MR) is 76.0 cm³/mol. The number of carbonyl (C=O) groups excluding carboxylic acids is 1. The third-order valence-corrected chi connectivity index (χ3v) is 3.01. The van der Waals surface area contributed by atoms with Gasteiger partial charge in [-0.15, -0.1) is 0 Å². The molecule has 116 valence electrons. The molecule has 0 atom stereocenters. The zero-order valence-corrected chi connectivity index (χ0v) is 12.2. The highest BCUT2D eigenvalue weighted by Gasteiger charge is 2.19. The van der Waals surface area contributed by atoms with Crippen LogP contribution in [-0.2, 0) is 4.79 Å². The molecule has 0 saturated carbocycles. The van der Waals surface area contributed by atoms with E-state index in [0.29, 0.717) is 13.1 Å². The van der Waals surface area contributed by atoms with Gasteiger partial charge < -0.3 is 15.0 Å². The highest BCUT2D eigenvalue weighted by Crippen LogP contribution is 2.32. The van der Waals surface area contributed by atoms with Gasteiger partial charge in [0.2, 0.25) is 5.91 Å². The Bertz CT molecular complexity index is 532. The molecule has 0 aliphatic carbocycles.